The molecule has 1 amide bonds. The summed E-state index contributed by atoms with van der Waals surface area (Å²) in [6, 6.07) is 5.53. The third kappa shape index (κ3) is 5.28. The number of carbonyl (C=O) groups excluding carboxylic acids is 1. The summed E-state index contributed by atoms with van der Waals surface area (Å²) in [6.45, 7) is 4.84. The Morgan fingerprint density at radius 2 is 2.25 bits per heavy atom. The summed E-state index contributed by atoms with van der Waals surface area (Å²) in [6.07, 6.45) is 3.18. The van der Waals surface area contributed by atoms with Crippen LogP contribution in [-0.4, -0.2) is 31.4 Å². The molecule has 1 aliphatic rings. The van der Waals surface area contributed by atoms with Crippen molar-refractivity contribution in [1.82, 2.24) is 10.8 Å². The van der Waals surface area contributed by atoms with Crippen LogP contribution in [0.15, 0.2) is 18.2 Å². The van der Waals surface area contributed by atoms with E-state index in [1.165, 1.54) is 11.1 Å². The van der Waals surface area contributed by atoms with Gasteiger partial charge in [-0.1, -0.05) is 13.0 Å². The van der Waals surface area contributed by atoms with Crippen molar-refractivity contribution in [3.63, 3.8) is 0 Å². The van der Waals surface area contributed by atoms with E-state index in [0.29, 0.717) is 5.56 Å². The maximum absolute atomic E-state index is 11.2. The van der Waals surface area contributed by atoms with Gasteiger partial charge in [0.05, 0.1) is 0 Å². The van der Waals surface area contributed by atoms with Gasteiger partial charge in [0.1, 0.15) is 0 Å². The monoisotopic (exact) mass is 280 g/mol. The summed E-state index contributed by atoms with van der Waals surface area (Å²) in [4.78, 5) is 11.2. The molecule has 0 saturated heterocycles. The smallest absolute Gasteiger partial charge is 0.274 e. The van der Waals surface area contributed by atoms with Crippen molar-refractivity contribution in [1.29, 1.82) is 0 Å². The standard InChI is InChI=1S/C11H14N2O2.C4H10O/c14-11(13-15)9-3-4-10-7-12-5-1-2-8(10)6-9;1-3-4-5-2/h3-4,6,12,15H,1-2,5,7H2,(H,13,14);3-4H2,1-2H3. The molecule has 0 aliphatic carbocycles. The normalized spacial score (nSPS) is 13.6. The van der Waals surface area contributed by atoms with Crippen molar-refractivity contribution >= 4 is 5.91 Å². The third-order valence-corrected chi connectivity index (χ3v) is 3.09. The lowest BCUT2D eigenvalue weighted by atomic mass is 10.0. The first kappa shape index (κ1) is 16.6. The zero-order chi connectivity index (χ0) is 14.8. The molecule has 112 valence electrons. The Labute approximate surface area is 120 Å². The number of benzene rings is 1. The van der Waals surface area contributed by atoms with Crippen molar-refractivity contribution in [2.24, 2.45) is 0 Å². The molecule has 1 heterocycles. The van der Waals surface area contributed by atoms with Crippen LogP contribution in [0, 0.1) is 0 Å². The fourth-order valence-corrected chi connectivity index (χ4v) is 2.07. The van der Waals surface area contributed by atoms with E-state index in [9.17, 15) is 4.79 Å². The number of aryl methyl sites for hydroxylation is 1. The summed E-state index contributed by atoms with van der Waals surface area (Å²) in [5.41, 5.74) is 4.59. The Kier molecular flexibility index (Phi) is 7.87. The van der Waals surface area contributed by atoms with E-state index in [1.54, 1.807) is 18.7 Å². The molecule has 0 spiro atoms. The number of ether oxygens (including phenoxy) is 1. The molecule has 2 rings (SSSR count). The highest BCUT2D eigenvalue weighted by Gasteiger charge is 2.10. The Morgan fingerprint density at radius 3 is 2.85 bits per heavy atom. The Balaban J connectivity index is 0.000000347. The minimum atomic E-state index is -0.449. The predicted octanol–water partition coefficient (Wildman–Crippen LogP) is 1.88. The second kappa shape index (κ2) is 9.47. The molecule has 0 atom stereocenters. The van der Waals surface area contributed by atoms with Gasteiger partial charge >= 0.3 is 0 Å². The van der Waals surface area contributed by atoms with Crippen LogP contribution in [0.4, 0.5) is 0 Å². The topological polar surface area (TPSA) is 70.6 Å². The van der Waals surface area contributed by atoms with E-state index in [2.05, 4.69) is 12.2 Å². The first-order valence-corrected chi connectivity index (χ1v) is 6.98. The highest BCUT2D eigenvalue weighted by atomic mass is 16.5. The molecule has 0 fully saturated rings. The molecule has 3 N–H and O–H groups in total. The average Bonchev–Trinajstić information content (AvgIpc) is 2.72. The summed E-state index contributed by atoms with van der Waals surface area (Å²) in [7, 11) is 1.71. The summed E-state index contributed by atoms with van der Waals surface area (Å²) in [5.74, 6) is -0.449. The molecule has 0 saturated carbocycles. The summed E-state index contributed by atoms with van der Waals surface area (Å²) < 4.78 is 4.69. The number of amides is 1. The molecule has 0 unspecified atom stereocenters. The van der Waals surface area contributed by atoms with E-state index in [4.69, 9.17) is 9.94 Å². The van der Waals surface area contributed by atoms with Crippen molar-refractivity contribution < 1.29 is 14.7 Å². The van der Waals surface area contributed by atoms with Gasteiger partial charge in [-0.25, -0.2) is 5.48 Å². The summed E-state index contributed by atoms with van der Waals surface area (Å²) in [5, 5.41) is 11.9. The van der Waals surface area contributed by atoms with Crippen LogP contribution < -0.4 is 10.8 Å². The van der Waals surface area contributed by atoms with Gasteiger partial charge in [-0.2, -0.15) is 0 Å². The lowest BCUT2D eigenvalue weighted by Crippen LogP contribution is -2.19. The molecule has 0 aromatic heterocycles. The molecule has 1 aromatic carbocycles. The number of nitrogens with one attached hydrogen (secondary N) is 2. The van der Waals surface area contributed by atoms with Gasteiger partial charge in [0.2, 0.25) is 0 Å². The maximum atomic E-state index is 11.2. The van der Waals surface area contributed by atoms with Crippen LogP contribution in [0.2, 0.25) is 0 Å². The van der Waals surface area contributed by atoms with E-state index < -0.39 is 5.91 Å². The van der Waals surface area contributed by atoms with Crippen molar-refractivity contribution in [2.45, 2.75) is 32.7 Å². The SMILES string of the molecule is CCCOC.O=C(NO)c1ccc2c(c1)CCCNC2. The Morgan fingerprint density at radius 1 is 1.45 bits per heavy atom. The fourth-order valence-electron chi connectivity index (χ4n) is 2.07. The van der Waals surface area contributed by atoms with Crippen molar-refractivity contribution in [3.8, 4) is 0 Å². The van der Waals surface area contributed by atoms with E-state index >= 15 is 0 Å². The minimum Gasteiger partial charge on any atom is -0.385 e. The van der Waals surface area contributed by atoms with Gasteiger partial charge < -0.3 is 10.1 Å². The number of rotatable bonds is 3. The highest BCUT2D eigenvalue weighted by molar-refractivity contribution is 5.93. The molecule has 1 aromatic rings. The van der Waals surface area contributed by atoms with Crippen LogP contribution in [-0.2, 0) is 17.7 Å². The van der Waals surface area contributed by atoms with Crippen LogP contribution >= 0.6 is 0 Å². The van der Waals surface area contributed by atoms with Gasteiger partial charge in [0.15, 0.2) is 0 Å². The lowest BCUT2D eigenvalue weighted by Gasteiger charge is -2.07. The molecule has 5 heteroatoms. The second-order valence-electron chi connectivity index (χ2n) is 4.70. The second-order valence-corrected chi connectivity index (χ2v) is 4.70. The molecule has 1 aliphatic heterocycles. The predicted molar refractivity (Wildman–Crippen MR) is 77.9 cm³/mol. The number of hydrogen-bond acceptors (Lipinski definition) is 4. The van der Waals surface area contributed by atoms with Gasteiger partial charge in [-0.15, -0.1) is 0 Å². The number of fused-ring (bicyclic) bond motifs is 1. The van der Waals surface area contributed by atoms with Crippen molar-refractivity contribution in [3.05, 3.63) is 34.9 Å². The first-order valence-electron chi connectivity index (χ1n) is 6.98. The third-order valence-electron chi connectivity index (χ3n) is 3.09. The van der Waals surface area contributed by atoms with Crippen LogP contribution in [0.3, 0.4) is 0 Å². The minimum absolute atomic E-state index is 0.449. The largest absolute Gasteiger partial charge is 0.385 e. The first-order chi connectivity index (χ1) is 9.72. The van der Waals surface area contributed by atoms with Crippen LogP contribution in [0.1, 0.15) is 41.3 Å². The number of hydroxylamine groups is 1. The van der Waals surface area contributed by atoms with E-state index in [0.717, 1.165) is 39.0 Å². The number of carbonyl (C=O) groups is 1. The van der Waals surface area contributed by atoms with E-state index in [1.807, 2.05) is 12.1 Å². The average molecular weight is 280 g/mol. The van der Waals surface area contributed by atoms with Gasteiger partial charge in [-0.05, 0) is 49.1 Å². The highest BCUT2D eigenvalue weighted by Crippen LogP contribution is 2.16. The molecule has 5 nitrogen and oxygen atoms in total. The number of hydrogen-bond donors (Lipinski definition) is 3. The summed E-state index contributed by atoms with van der Waals surface area (Å²) >= 11 is 0. The van der Waals surface area contributed by atoms with Gasteiger partial charge in [-0.3, -0.25) is 10.0 Å². The van der Waals surface area contributed by atoms with Crippen LogP contribution in [0.25, 0.3) is 0 Å². The van der Waals surface area contributed by atoms with Gasteiger partial charge in [0.25, 0.3) is 5.91 Å². The molecule has 0 radical (unpaired) electrons. The maximum Gasteiger partial charge on any atom is 0.274 e. The lowest BCUT2D eigenvalue weighted by molar-refractivity contribution is 0.0706. The van der Waals surface area contributed by atoms with Gasteiger partial charge in [0, 0.05) is 25.8 Å². The van der Waals surface area contributed by atoms with Crippen molar-refractivity contribution in [2.75, 3.05) is 20.3 Å². The zero-order valence-corrected chi connectivity index (χ0v) is 12.2. The van der Waals surface area contributed by atoms with E-state index in [-0.39, 0.29) is 0 Å². The quantitative estimate of drug-likeness (QED) is 0.584. The Hall–Kier alpha value is -1.43. The Bertz CT molecular complexity index is 420. The molecule has 20 heavy (non-hydrogen) atoms. The zero-order valence-electron chi connectivity index (χ0n) is 12.2. The molecular weight excluding hydrogens is 256 g/mol. The molecular formula is C15H24N2O3. The van der Waals surface area contributed by atoms with Crippen LogP contribution in [0.5, 0.6) is 0 Å². The molecule has 0 bridgehead atoms. The fraction of sp³-hybridized carbons (Fsp3) is 0.533. The number of methoxy groups -OCH3 is 1.